The van der Waals surface area contributed by atoms with Gasteiger partial charge < -0.3 is 10.6 Å². The highest BCUT2D eigenvalue weighted by Gasteiger charge is 1.96. The molecule has 0 heterocycles. The minimum absolute atomic E-state index is 0.614. The van der Waals surface area contributed by atoms with E-state index in [0.717, 1.165) is 0 Å². The first-order valence-corrected chi connectivity index (χ1v) is 6.43. The topological polar surface area (TPSA) is 24.1 Å². The van der Waals surface area contributed by atoms with Gasteiger partial charge in [-0.1, -0.05) is 26.7 Å². The number of hydrogen-bond donors (Lipinski definition) is 2. The Morgan fingerprint density at radius 1 is 1.00 bits per heavy atom. The number of unbranched alkanes of at least 4 members (excludes halogenated alkanes) is 2. The van der Waals surface area contributed by atoms with E-state index in [1.807, 2.05) is 0 Å². The van der Waals surface area contributed by atoms with Gasteiger partial charge in [0.1, 0.15) is 0 Å². The van der Waals surface area contributed by atoms with Crippen LogP contribution in [0, 0.1) is 0 Å². The molecule has 3 heteroatoms. The van der Waals surface area contributed by atoms with Crippen molar-refractivity contribution in [3.05, 3.63) is 0 Å². The number of nitrogens with one attached hydrogen (secondary N) is 2. The van der Waals surface area contributed by atoms with E-state index < -0.39 is 0 Å². The lowest BCUT2D eigenvalue weighted by atomic mass is 10.3. The summed E-state index contributed by atoms with van der Waals surface area (Å²) in [6.45, 7) is 6.80. The van der Waals surface area contributed by atoms with Crippen LogP contribution in [-0.4, -0.2) is 29.1 Å². The first-order chi connectivity index (χ1) is 5.81. The third kappa shape index (κ3) is 8.24. The van der Waals surface area contributed by atoms with Crippen LogP contribution in [0.5, 0.6) is 0 Å². The molecular weight excluding hydrogens is 164 g/mol. The van der Waals surface area contributed by atoms with Crippen LogP contribution in [0.1, 0.15) is 39.5 Å². The molecule has 0 amide bonds. The van der Waals surface area contributed by atoms with E-state index in [4.69, 9.17) is 0 Å². The Labute approximate surface area is 79.9 Å². The van der Waals surface area contributed by atoms with Crippen LogP contribution < -0.4 is 10.6 Å². The molecule has 0 aromatic heterocycles. The minimum Gasteiger partial charge on any atom is -0.306 e. The van der Waals surface area contributed by atoms with Crippen LogP contribution in [-0.2, 0) is 0 Å². The Bertz CT molecular complexity index is 78.6. The van der Waals surface area contributed by atoms with Gasteiger partial charge >= 0.3 is 0 Å². The summed E-state index contributed by atoms with van der Waals surface area (Å²) in [4.78, 5) is 0. The van der Waals surface area contributed by atoms with Gasteiger partial charge in [0.05, 0.1) is 0 Å². The average Bonchev–Trinajstić information content (AvgIpc) is 2.06. The van der Waals surface area contributed by atoms with Crippen molar-refractivity contribution in [2.75, 3.05) is 13.1 Å². The second kappa shape index (κ2) is 9.23. The van der Waals surface area contributed by atoms with Crippen LogP contribution in [0.15, 0.2) is 0 Å². The van der Waals surface area contributed by atoms with Crippen molar-refractivity contribution in [3.8, 4) is 0 Å². The molecule has 74 valence electrons. The molecule has 0 aromatic carbocycles. The van der Waals surface area contributed by atoms with Gasteiger partial charge in [-0.15, -0.1) is 0 Å². The van der Waals surface area contributed by atoms with E-state index in [1.54, 1.807) is 0 Å². The van der Waals surface area contributed by atoms with Crippen molar-refractivity contribution < 1.29 is 0 Å². The number of rotatable bonds is 8. The standard InChI is InChI=1S/C9H24N2Si/c1-3-5-7-10-9(12)11-8-6-4-2/h9-11H,3-8H2,1-2,12H3. The van der Waals surface area contributed by atoms with Crippen molar-refractivity contribution in [1.82, 2.24) is 10.6 Å². The van der Waals surface area contributed by atoms with Crippen LogP contribution in [0.3, 0.4) is 0 Å². The molecule has 0 spiro atoms. The largest absolute Gasteiger partial charge is 0.306 e. The van der Waals surface area contributed by atoms with Crippen molar-refractivity contribution in [3.63, 3.8) is 0 Å². The summed E-state index contributed by atoms with van der Waals surface area (Å²) in [5.74, 6) is 0.614. The van der Waals surface area contributed by atoms with E-state index >= 15 is 0 Å². The Kier molecular flexibility index (Phi) is 9.33. The lowest BCUT2D eigenvalue weighted by Crippen LogP contribution is -2.43. The zero-order valence-corrected chi connectivity index (χ0v) is 10.8. The predicted octanol–water partition coefficient (Wildman–Crippen LogP) is 0.415. The molecule has 0 aliphatic rings. The van der Waals surface area contributed by atoms with Crippen molar-refractivity contribution in [2.45, 2.75) is 45.3 Å². The summed E-state index contributed by atoms with van der Waals surface area (Å²) < 4.78 is 0. The summed E-state index contributed by atoms with van der Waals surface area (Å²) in [7, 11) is 1.20. The fourth-order valence-electron chi connectivity index (χ4n) is 1.06. The second-order valence-corrected chi connectivity index (χ2v) is 4.49. The highest BCUT2D eigenvalue weighted by atomic mass is 28.1. The van der Waals surface area contributed by atoms with Crippen LogP contribution in [0.2, 0.25) is 0 Å². The van der Waals surface area contributed by atoms with Gasteiger partial charge in [0.2, 0.25) is 0 Å². The normalized spacial score (nSPS) is 11.2. The van der Waals surface area contributed by atoms with Gasteiger partial charge in [-0.25, -0.2) is 0 Å². The molecule has 12 heavy (non-hydrogen) atoms. The van der Waals surface area contributed by atoms with Gasteiger partial charge in [-0.05, 0) is 25.9 Å². The van der Waals surface area contributed by atoms with E-state index in [0.29, 0.717) is 5.79 Å². The van der Waals surface area contributed by atoms with Crippen molar-refractivity contribution in [1.29, 1.82) is 0 Å². The molecule has 0 fully saturated rings. The zero-order valence-electron chi connectivity index (χ0n) is 8.82. The van der Waals surface area contributed by atoms with Gasteiger partial charge in [0.15, 0.2) is 0 Å². The molecule has 0 aliphatic heterocycles. The molecule has 0 rings (SSSR count). The molecule has 0 radical (unpaired) electrons. The molecule has 0 atom stereocenters. The van der Waals surface area contributed by atoms with Crippen LogP contribution in [0.25, 0.3) is 0 Å². The first-order valence-electron chi connectivity index (χ1n) is 5.28. The lowest BCUT2D eigenvalue weighted by molar-refractivity contribution is 0.513. The molecular formula is C9H24N2Si. The Hall–Kier alpha value is 0.137. The Morgan fingerprint density at radius 2 is 1.42 bits per heavy atom. The predicted molar refractivity (Wildman–Crippen MR) is 59.5 cm³/mol. The maximum Gasteiger partial charge on any atom is 0.0423 e. The van der Waals surface area contributed by atoms with Gasteiger partial charge in [0, 0.05) is 16.0 Å². The lowest BCUT2D eigenvalue weighted by Gasteiger charge is -2.14. The second-order valence-electron chi connectivity index (χ2n) is 3.34. The number of hydrogen-bond acceptors (Lipinski definition) is 2. The third-order valence-corrected chi connectivity index (χ3v) is 2.78. The molecule has 0 saturated carbocycles. The fourth-order valence-corrected chi connectivity index (χ4v) is 1.64. The van der Waals surface area contributed by atoms with E-state index in [2.05, 4.69) is 24.5 Å². The maximum absolute atomic E-state index is 3.49. The molecule has 2 N–H and O–H groups in total. The maximum atomic E-state index is 3.49. The third-order valence-electron chi connectivity index (χ3n) is 1.96. The Morgan fingerprint density at radius 3 is 1.75 bits per heavy atom. The smallest absolute Gasteiger partial charge is 0.0423 e. The highest BCUT2D eigenvalue weighted by Crippen LogP contribution is 1.85. The van der Waals surface area contributed by atoms with Gasteiger partial charge in [-0.2, -0.15) is 0 Å². The van der Waals surface area contributed by atoms with Gasteiger partial charge in [0.25, 0.3) is 0 Å². The fraction of sp³-hybridized carbons (Fsp3) is 1.00. The quantitative estimate of drug-likeness (QED) is 0.328. The van der Waals surface area contributed by atoms with E-state index in [-0.39, 0.29) is 0 Å². The summed E-state index contributed by atoms with van der Waals surface area (Å²) in [5, 5.41) is 6.99. The Balaban J connectivity index is 3.04. The molecule has 0 aliphatic carbocycles. The van der Waals surface area contributed by atoms with Crippen molar-refractivity contribution >= 4 is 10.2 Å². The minimum atomic E-state index is 0.614. The molecule has 0 saturated heterocycles. The average molecular weight is 188 g/mol. The molecule has 0 aromatic rings. The van der Waals surface area contributed by atoms with Crippen LogP contribution in [0.4, 0.5) is 0 Å². The highest BCUT2D eigenvalue weighted by molar-refractivity contribution is 6.11. The molecule has 0 bridgehead atoms. The SMILES string of the molecule is CCCCNC([SiH3])NCCCC. The summed E-state index contributed by atoms with van der Waals surface area (Å²) in [6, 6.07) is 0. The van der Waals surface area contributed by atoms with E-state index in [1.165, 1.54) is 49.0 Å². The van der Waals surface area contributed by atoms with E-state index in [9.17, 15) is 0 Å². The summed E-state index contributed by atoms with van der Waals surface area (Å²) in [6.07, 6.45) is 5.18. The summed E-state index contributed by atoms with van der Waals surface area (Å²) in [5.41, 5.74) is 0. The summed E-state index contributed by atoms with van der Waals surface area (Å²) >= 11 is 0. The van der Waals surface area contributed by atoms with Crippen molar-refractivity contribution in [2.24, 2.45) is 0 Å². The first kappa shape index (κ1) is 12.1. The molecule has 2 nitrogen and oxygen atoms in total. The van der Waals surface area contributed by atoms with Crippen LogP contribution >= 0.6 is 0 Å². The monoisotopic (exact) mass is 188 g/mol. The molecule has 0 unspecified atom stereocenters. The van der Waals surface area contributed by atoms with Gasteiger partial charge in [-0.3, -0.25) is 0 Å². The zero-order chi connectivity index (χ0) is 9.23.